The molecule has 0 aliphatic carbocycles. The third kappa shape index (κ3) is 5.35. The minimum atomic E-state index is 0.916. The number of benzene rings is 1. The molecule has 0 amide bonds. The lowest BCUT2D eigenvalue weighted by molar-refractivity contribution is 0.746. The Morgan fingerprint density at radius 1 is 1.06 bits per heavy atom. The highest BCUT2D eigenvalue weighted by Gasteiger charge is 2.01. The van der Waals surface area contributed by atoms with Gasteiger partial charge in [0.1, 0.15) is 5.84 Å². The molecule has 1 N–H and O–H groups in total. The van der Waals surface area contributed by atoms with Crippen molar-refractivity contribution in [3.05, 3.63) is 35.4 Å². The minimum absolute atomic E-state index is 0.916. The second-order valence-corrected chi connectivity index (χ2v) is 4.73. The fraction of sp³-hybridized carbons (Fsp3) is 0.562. The minimum Gasteiger partial charge on any atom is -0.370 e. The first-order chi connectivity index (χ1) is 8.77. The van der Waals surface area contributed by atoms with E-state index < -0.39 is 0 Å². The van der Waals surface area contributed by atoms with E-state index in [4.69, 9.17) is 4.99 Å². The lowest BCUT2D eigenvalue weighted by Gasteiger charge is -2.10. The van der Waals surface area contributed by atoms with Crippen LogP contribution in [0.2, 0.25) is 0 Å². The van der Waals surface area contributed by atoms with Gasteiger partial charge >= 0.3 is 0 Å². The molecule has 0 aliphatic heterocycles. The molecule has 0 spiro atoms. The maximum absolute atomic E-state index is 4.69. The molecular formula is C16H26N2. The summed E-state index contributed by atoms with van der Waals surface area (Å²) in [5, 5.41) is 3.47. The van der Waals surface area contributed by atoms with E-state index in [1.165, 1.54) is 30.4 Å². The Bertz CT molecular complexity index is 352. The SMILES string of the molecule is CCCCN=C(NCCCC)c1ccc(C)cc1. The molecule has 0 heterocycles. The Morgan fingerprint density at radius 2 is 1.72 bits per heavy atom. The van der Waals surface area contributed by atoms with Crippen LogP contribution in [0.15, 0.2) is 29.3 Å². The summed E-state index contributed by atoms with van der Waals surface area (Å²) in [5.41, 5.74) is 2.49. The molecule has 0 fully saturated rings. The zero-order valence-corrected chi connectivity index (χ0v) is 12.0. The van der Waals surface area contributed by atoms with Crippen molar-refractivity contribution >= 4 is 5.84 Å². The predicted molar refractivity (Wildman–Crippen MR) is 80.4 cm³/mol. The summed E-state index contributed by atoms with van der Waals surface area (Å²) in [5.74, 6) is 1.05. The van der Waals surface area contributed by atoms with Gasteiger partial charge in [0.25, 0.3) is 0 Å². The van der Waals surface area contributed by atoms with Gasteiger partial charge in [0.05, 0.1) is 0 Å². The van der Waals surface area contributed by atoms with Crippen molar-refractivity contribution in [2.45, 2.75) is 46.5 Å². The standard InChI is InChI=1S/C16H26N2/c1-4-6-12-17-16(18-13-7-5-2)15-10-8-14(3)9-11-15/h8-11H,4-7,12-13H2,1-3H3,(H,17,18). The molecule has 0 aromatic heterocycles. The van der Waals surface area contributed by atoms with Crippen LogP contribution in [0.4, 0.5) is 0 Å². The van der Waals surface area contributed by atoms with Gasteiger partial charge in [-0.3, -0.25) is 4.99 Å². The van der Waals surface area contributed by atoms with Crippen LogP contribution in [0.3, 0.4) is 0 Å². The molecule has 0 radical (unpaired) electrons. The van der Waals surface area contributed by atoms with Gasteiger partial charge in [0.15, 0.2) is 0 Å². The molecule has 100 valence electrons. The lowest BCUT2D eigenvalue weighted by atomic mass is 10.1. The van der Waals surface area contributed by atoms with Gasteiger partial charge in [-0.25, -0.2) is 0 Å². The van der Waals surface area contributed by atoms with Gasteiger partial charge in [-0.1, -0.05) is 56.5 Å². The van der Waals surface area contributed by atoms with Gasteiger partial charge in [-0.05, 0) is 19.8 Å². The Balaban J connectivity index is 2.69. The second kappa shape index (κ2) is 8.73. The highest BCUT2D eigenvalue weighted by atomic mass is 15.0. The van der Waals surface area contributed by atoms with Crippen molar-refractivity contribution in [3.8, 4) is 0 Å². The summed E-state index contributed by atoms with van der Waals surface area (Å²) >= 11 is 0. The van der Waals surface area contributed by atoms with E-state index in [0.29, 0.717) is 0 Å². The van der Waals surface area contributed by atoms with Crippen LogP contribution in [-0.4, -0.2) is 18.9 Å². The largest absolute Gasteiger partial charge is 0.370 e. The van der Waals surface area contributed by atoms with Gasteiger partial charge in [-0.2, -0.15) is 0 Å². The zero-order chi connectivity index (χ0) is 13.2. The van der Waals surface area contributed by atoms with Crippen molar-refractivity contribution in [1.29, 1.82) is 0 Å². The number of unbranched alkanes of at least 4 members (excludes halogenated alkanes) is 2. The maximum Gasteiger partial charge on any atom is 0.128 e. The van der Waals surface area contributed by atoms with Crippen molar-refractivity contribution in [3.63, 3.8) is 0 Å². The van der Waals surface area contributed by atoms with Gasteiger partial charge in [0.2, 0.25) is 0 Å². The van der Waals surface area contributed by atoms with E-state index in [0.717, 1.165) is 25.3 Å². The van der Waals surface area contributed by atoms with Crippen LogP contribution in [0.1, 0.15) is 50.7 Å². The van der Waals surface area contributed by atoms with Gasteiger partial charge < -0.3 is 5.32 Å². The number of nitrogens with zero attached hydrogens (tertiary/aromatic N) is 1. The quantitative estimate of drug-likeness (QED) is 0.440. The predicted octanol–water partition coefficient (Wildman–Crippen LogP) is 3.93. The molecule has 18 heavy (non-hydrogen) atoms. The van der Waals surface area contributed by atoms with Crippen LogP contribution < -0.4 is 5.32 Å². The summed E-state index contributed by atoms with van der Waals surface area (Å²) in [6, 6.07) is 8.59. The summed E-state index contributed by atoms with van der Waals surface area (Å²) in [7, 11) is 0. The number of amidine groups is 1. The Morgan fingerprint density at radius 3 is 2.33 bits per heavy atom. The number of nitrogens with one attached hydrogen (secondary N) is 1. The monoisotopic (exact) mass is 246 g/mol. The molecule has 0 saturated carbocycles. The fourth-order valence-corrected chi connectivity index (χ4v) is 1.69. The van der Waals surface area contributed by atoms with Crippen molar-refractivity contribution < 1.29 is 0 Å². The van der Waals surface area contributed by atoms with Crippen LogP contribution in [0.5, 0.6) is 0 Å². The number of hydrogen-bond acceptors (Lipinski definition) is 1. The lowest BCUT2D eigenvalue weighted by Crippen LogP contribution is -2.26. The zero-order valence-electron chi connectivity index (χ0n) is 12.0. The van der Waals surface area contributed by atoms with Crippen LogP contribution in [-0.2, 0) is 0 Å². The topological polar surface area (TPSA) is 24.4 Å². The number of aryl methyl sites for hydroxylation is 1. The van der Waals surface area contributed by atoms with Gasteiger partial charge in [-0.15, -0.1) is 0 Å². The third-order valence-corrected chi connectivity index (χ3v) is 2.93. The number of hydrogen-bond donors (Lipinski definition) is 1. The van der Waals surface area contributed by atoms with Crippen molar-refractivity contribution in [2.75, 3.05) is 13.1 Å². The molecule has 0 unspecified atom stereocenters. The van der Waals surface area contributed by atoms with Crippen LogP contribution in [0.25, 0.3) is 0 Å². The van der Waals surface area contributed by atoms with E-state index in [1.54, 1.807) is 0 Å². The normalized spacial score (nSPS) is 11.6. The number of rotatable bonds is 7. The molecule has 2 nitrogen and oxygen atoms in total. The summed E-state index contributed by atoms with van der Waals surface area (Å²) < 4.78 is 0. The average molecular weight is 246 g/mol. The number of aliphatic imine (C=N–C) groups is 1. The molecule has 0 atom stereocenters. The molecule has 2 heteroatoms. The van der Waals surface area contributed by atoms with E-state index in [1.807, 2.05) is 0 Å². The molecule has 0 bridgehead atoms. The first-order valence-electron chi connectivity index (χ1n) is 7.13. The molecule has 0 saturated heterocycles. The summed E-state index contributed by atoms with van der Waals surface area (Å²) in [4.78, 5) is 4.69. The first kappa shape index (κ1) is 14.7. The highest BCUT2D eigenvalue weighted by Crippen LogP contribution is 2.04. The van der Waals surface area contributed by atoms with Crippen molar-refractivity contribution in [1.82, 2.24) is 5.32 Å². The second-order valence-electron chi connectivity index (χ2n) is 4.73. The summed E-state index contributed by atoms with van der Waals surface area (Å²) in [6.45, 7) is 8.45. The van der Waals surface area contributed by atoms with E-state index in [9.17, 15) is 0 Å². The maximum atomic E-state index is 4.69. The highest BCUT2D eigenvalue weighted by molar-refractivity contribution is 5.98. The van der Waals surface area contributed by atoms with E-state index in [2.05, 4.69) is 50.4 Å². The summed E-state index contributed by atoms with van der Waals surface area (Å²) in [6.07, 6.45) is 4.76. The molecule has 1 aromatic carbocycles. The Kier molecular flexibility index (Phi) is 7.16. The van der Waals surface area contributed by atoms with Crippen LogP contribution in [0, 0.1) is 6.92 Å². The molecule has 1 rings (SSSR count). The Labute approximate surface area is 112 Å². The third-order valence-electron chi connectivity index (χ3n) is 2.93. The smallest absolute Gasteiger partial charge is 0.128 e. The average Bonchev–Trinajstić information content (AvgIpc) is 2.38. The fourth-order valence-electron chi connectivity index (χ4n) is 1.69. The molecule has 0 aliphatic rings. The van der Waals surface area contributed by atoms with E-state index >= 15 is 0 Å². The molecular weight excluding hydrogens is 220 g/mol. The molecule has 1 aromatic rings. The van der Waals surface area contributed by atoms with Crippen LogP contribution >= 0.6 is 0 Å². The van der Waals surface area contributed by atoms with Gasteiger partial charge in [0, 0.05) is 18.7 Å². The first-order valence-corrected chi connectivity index (χ1v) is 7.13. The van der Waals surface area contributed by atoms with E-state index in [-0.39, 0.29) is 0 Å². The Hall–Kier alpha value is -1.31. The van der Waals surface area contributed by atoms with Crippen molar-refractivity contribution in [2.24, 2.45) is 4.99 Å².